The van der Waals surface area contributed by atoms with E-state index in [2.05, 4.69) is 5.32 Å². The van der Waals surface area contributed by atoms with Crippen molar-refractivity contribution in [3.8, 4) is 0 Å². The Bertz CT molecular complexity index is 663. The fraction of sp³-hybridized carbons (Fsp3) is 0.368. The third-order valence-electron chi connectivity index (χ3n) is 3.99. The maximum absolute atomic E-state index is 12.8. The Morgan fingerprint density at radius 2 is 1.83 bits per heavy atom. The van der Waals surface area contributed by atoms with Crippen molar-refractivity contribution in [2.45, 2.75) is 33.9 Å². The summed E-state index contributed by atoms with van der Waals surface area (Å²) in [7, 11) is 0. The number of carbonyl (C=O) groups is 2. The molecule has 1 N–H and O–H groups in total. The van der Waals surface area contributed by atoms with E-state index in [1.54, 1.807) is 37.1 Å². The normalized spacial score (nSPS) is 11.1. The lowest BCUT2D eigenvalue weighted by Gasteiger charge is -2.30. The van der Waals surface area contributed by atoms with Crippen molar-refractivity contribution in [3.63, 3.8) is 0 Å². The van der Waals surface area contributed by atoms with Gasteiger partial charge in [0.2, 0.25) is 11.8 Å². The molecule has 0 aliphatic heterocycles. The number of hydrogen-bond acceptors (Lipinski definition) is 3. The van der Waals surface area contributed by atoms with Gasteiger partial charge in [-0.05, 0) is 38.5 Å². The third-order valence-corrected chi connectivity index (χ3v) is 3.99. The van der Waals surface area contributed by atoms with Gasteiger partial charge in [0.05, 0.1) is 12.8 Å². The van der Waals surface area contributed by atoms with Crippen LogP contribution in [-0.2, 0) is 22.7 Å². The van der Waals surface area contributed by atoms with Gasteiger partial charge in [-0.2, -0.15) is 0 Å². The van der Waals surface area contributed by atoms with Gasteiger partial charge in [0, 0.05) is 13.1 Å². The smallest absolute Gasteiger partial charge is 0.237 e. The number of rotatable bonds is 7. The molecule has 128 valence electrons. The molecule has 0 saturated heterocycles. The van der Waals surface area contributed by atoms with Crippen LogP contribution in [0, 0.1) is 5.41 Å². The summed E-state index contributed by atoms with van der Waals surface area (Å²) in [4.78, 5) is 27.0. The van der Waals surface area contributed by atoms with Crippen LogP contribution in [0.2, 0.25) is 0 Å². The number of hydrogen-bond donors (Lipinski definition) is 1. The quantitative estimate of drug-likeness (QED) is 0.795. The fourth-order valence-corrected chi connectivity index (χ4v) is 2.42. The zero-order valence-electron chi connectivity index (χ0n) is 14.4. The molecule has 2 amide bonds. The topological polar surface area (TPSA) is 62.6 Å². The molecule has 5 heteroatoms. The molecular formula is C19H24N2O3. The van der Waals surface area contributed by atoms with Crippen LogP contribution in [0.5, 0.6) is 0 Å². The molecule has 0 fully saturated rings. The fourth-order valence-electron chi connectivity index (χ4n) is 2.42. The van der Waals surface area contributed by atoms with Crippen LogP contribution < -0.4 is 5.32 Å². The van der Waals surface area contributed by atoms with Crippen molar-refractivity contribution in [1.82, 2.24) is 10.2 Å². The Morgan fingerprint density at radius 1 is 1.12 bits per heavy atom. The maximum atomic E-state index is 12.8. The molecule has 2 aromatic rings. The molecule has 0 spiro atoms. The van der Waals surface area contributed by atoms with Gasteiger partial charge in [-0.25, -0.2) is 0 Å². The van der Waals surface area contributed by atoms with Crippen molar-refractivity contribution < 1.29 is 14.0 Å². The average Bonchev–Trinajstić information content (AvgIpc) is 3.11. The molecule has 0 unspecified atom stereocenters. The lowest BCUT2D eigenvalue weighted by atomic mass is 9.90. The molecule has 1 heterocycles. The van der Waals surface area contributed by atoms with E-state index in [1.807, 2.05) is 37.3 Å². The first-order valence-corrected chi connectivity index (χ1v) is 8.09. The zero-order valence-corrected chi connectivity index (χ0v) is 14.4. The predicted molar refractivity (Wildman–Crippen MR) is 91.9 cm³/mol. The summed E-state index contributed by atoms with van der Waals surface area (Å²) in [5, 5.41) is 2.77. The minimum atomic E-state index is -1.14. The largest absolute Gasteiger partial charge is 0.467 e. The Labute approximate surface area is 142 Å². The van der Waals surface area contributed by atoms with Gasteiger partial charge in [-0.1, -0.05) is 30.3 Å². The monoisotopic (exact) mass is 328 g/mol. The van der Waals surface area contributed by atoms with E-state index in [4.69, 9.17) is 4.42 Å². The third kappa shape index (κ3) is 4.25. The maximum Gasteiger partial charge on any atom is 0.237 e. The van der Waals surface area contributed by atoms with E-state index in [-0.39, 0.29) is 18.4 Å². The molecule has 0 aliphatic rings. The minimum Gasteiger partial charge on any atom is -0.467 e. The van der Waals surface area contributed by atoms with Crippen LogP contribution in [0.3, 0.4) is 0 Å². The Kier molecular flexibility index (Phi) is 5.79. The van der Waals surface area contributed by atoms with Crippen LogP contribution in [0.25, 0.3) is 0 Å². The van der Waals surface area contributed by atoms with Crippen molar-refractivity contribution in [2.24, 2.45) is 5.41 Å². The summed E-state index contributed by atoms with van der Waals surface area (Å²) in [5.74, 6) is 0.157. The molecular weight excluding hydrogens is 304 g/mol. The van der Waals surface area contributed by atoms with Gasteiger partial charge in [0.15, 0.2) is 0 Å². The van der Waals surface area contributed by atoms with E-state index in [0.717, 1.165) is 5.56 Å². The van der Waals surface area contributed by atoms with E-state index in [1.165, 1.54) is 0 Å². The highest BCUT2D eigenvalue weighted by Crippen LogP contribution is 2.21. The molecule has 0 atom stereocenters. The van der Waals surface area contributed by atoms with Crippen LogP contribution in [0.15, 0.2) is 53.1 Å². The van der Waals surface area contributed by atoms with Crippen molar-refractivity contribution >= 4 is 11.8 Å². The molecule has 1 aromatic carbocycles. The number of carbonyl (C=O) groups excluding carboxylic acids is 2. The summed E-state index contributed by atoms with van der Waals surface area (Å²) in [6.45, 7) is 6.53. The van der Waals surface area contributed by atoms with E-state index >= 15 is 0 Å². The molecule has 24 heavy (non-hydrogen) atoms. The number of nitrogens with one attached hydrogen (secondary N) is 1. The highest BCUT2D eigenvalue weighted by atomic mass is 16.3. The van der Waals surface area contributed by atoms with Crippen LogP contribution in [-0.4, -0.2) is 23.3 Å². The van der Waals surface area contributed by atoms with Crippen LogP contribution >= 0.6 is 0 Å². The van der Waals surface area contributed by atoms with Crippen molar-refractivity contribution in [2.75, 3.05) is 6.54 Å². The molecule has 1 aromatic heterocycles. The van der Waals surface area contributed by atoms with E-state index in [9.17, 15) is 9.59 Å². The molecule has 2 rings (SSSR count). The Balaban J connectivity index is 2.02. The standard InChI is InChI=1S/C19H24N2O3/c1-4-21(14-15-9-6-5-7-10-15)18(23)19(2,3)17(22)20-13-16-11-8-12-24-16/h5-12H,4,13-14H2,1-3H3,(H,20,22). The number of nitrogens with zero attached hydrogens (tertiary/aromatic N) is 1. The highest BCUT2D eigenvalue weighted by molar-refractivity contribution is 6.04. The summed E-state index contributed by atoms with van der Waals surface area (Å²) in [6, 6.07) is 13.3. The molecule has 0 saturated carbocycles. The Hall–Kier alpha value is -2.56. The second-order valence-electron chi connectivity index (χ2n) is 6.19. The molecule has 5 nitrogen and oxygen atoms in total. The summed E-state index contributed by atoms with van der Waals surface area (Å²) >= 11 is 0. The number of furan rings is 1. The van der Waals surface area contributed by atoms with Gasteiger partial charge in [-0.3, -0.25) is 9.59 Å². The van der Waals surface area contributed by atoms with Crippen LogP contribution in [0.1, 0.15) is 32.1 Å². The van der Waals surface area contributed by atoms with Crippen molar-refractivity contribution in [3.05, 3.63) is 60.1 Å². The molecule has 0 radical (unpaired) electrons. The SMILES string of the molecule is CCN(Cc1ccccc1)C(=O)C(C)(C)C(=O)NCc1ccco1. The first kappa shape index (κ1) is 17.8. The van der Waals surface area contributed by atoms with E-state index < -0.39 is 5.41 Å². The zero-order chi connectivity index (χ0) is 17.6. The van der Waals surface area contributed by atoms with Crippen molar-refractivity contribution in [1.29, 1.82) is 0 Å². The highest BCUT2D eigenvalue weighted by Gasteiger charge is 2.38. The summed E-state index contributed by atoms with van der Waals surface area (Å²) < 4.78 is 5.19. The molecule has 0 aliphatic carbocycles. The summed E-state index contributed by atoms with van der Waals surface area (Å²) in [6.07, 6.45) is 1.55. The van der Waals surface area contributed by atoms with Gasteiger partial charge < -0.3 is 14.6 Å². The first-order chi connectivity index (χ1) is 11.4. The second-order valence-corrected chi connectivity index (χ2v) is 6.19. The van der Waals surface area contributed by atoms with Crippen LogP contribution in [0.4, 0.5) is 0 Å². The minimum absolute atomic E-state index is 0.189. The lowest BCUT2D eigenvalue weighted by molar-refractivity contribution is -0.149. The van der Waals surface area contributed by atoms with Gasteiger partial charge in [-0.15, -0.1) is 0 Å². The van der Waals surface area contributed by atoms with E-state index in [0.29, 0.717) is 18.8 Å². The summed E-state index contributed by atoms with van der Waals surface area (Å²) in [5.41, 5.74) is -0.100. The van der Waals surface area contributed by atoms with Gasteiger partial charge >= 0.3 is 0 Å². The predicted octanol–water partition coefficient (Wildman–Crippen LogP) is 2.97. The number of benzene rings is 1. The molecule has 0 bridgehead atoms. The second kappa shape index (κ2) is 7.81. The number of amides is 2. The first-order valence-electron chi connectivity index (χ1n) is 8.09. The lowest BCUT2D eigenvalue weighted by Crippen LogP contribution is -2.49. The van der Waals surface area contributed by atoms with Gasteiger partial charge in [0.1, 0.15) is 11.2 Å². The Morgan fingerprint density at radius 3 is 2.42 bits per heavy atom. The average molecular weight is 328 g/mol. The van der Waals surface area contributed by atoms with Gasteiger partial charge in [0.25, 0.3) is 0 Å².